The second kappa shape index (κ2) is 5.81. The molecule has 0 saturated carbocycles. The van der Waals surface area contributed by atoms with E-state index < -0.39 is 5.97 Å². The van der Waals surface area contributed by atoms with Crippen molar-refractivity contribution in [2.75, 3.05) is 7.11 Å². The van der Waals surface area contributed by atoms with E-state index in [4.69, 9.17) is 11.6 Å². The van der Waals surface area contributed by atoms with Gasteiger partial charge in [0.25, 0.3) is 5.56 Å². The molecule has 1 aromatic carbocycles. The topological polar surface area (TPSA) is 74.1 Å². The van der Waals surface area contributed by atoms with Crippen LogP contribution in [0.5, 0.6) is 0 Å². The van der Waals surface area contributed by atoms with Crippen molar-refractivity contribution in [2.24, 2.45) is 0 Å². The van der Waals surface area contributed by atoms with Gasteiger partial charge in [-0.3, -0.25) is 4.79 Å². The number of aromatic nitrogens is 3. The Labute approximate surface area is 136 Å². The van der Waals surface area contributed by atoms with Crippen molar-refractivity contribution in [3.05, 3.63) is 63.3 Å². The fourth-order valence-corrected chi connectivity index (χ4v) is 2.57. The number of fused-ring (bicyclic) bond motifs is 1. The van der Waals surface area contributed by atoms with Crippen LogP contribution in [-0.4, -0.2) is 27.8 Å². The molecule has 7 heteroatoms. The van der Waals surface area contributed by atoms with E-state index >= 15 is 0 Å². The predicted molar refractivity (Wildman–Crippen MR) is 86.2 cm³/mol. The van der Waals surface area contributed by atoms with Crippen LogP contribution in [0, 0.1) is 6.92 Å². The van der Waals surface area contributed by atoms with E-state index in [0.29, 0.717) is 27.2 Å². The van der Waals surface area contributed by atoms with Gasteiger partial charge in [-0.15, -0.1) is 0 Å². The molecule has 0 amide bonds. The highest BCUT2D eigenvalue weighted by molar-refractivity contribution is 6.35. The molecule has 0 bridgehead atoms. The van der Waals surface area contributed by atoms with E-state index in [1.807, 2.05) is 0 Å². The highest BCUT2D eigenvalue weighted by atomic mass is 35.5. The van der Waals surface area contributed by atoms with Crippen molar-refractivity contribution >= 4 is 28.3 Å². The Morgan fingerprint density at radius 2 is 2.04 bits per heavy atom. The number of hydrogen-bond acceptors (Lipinski definition) is 5. The molecule has 3 rings (SSSR count). The van der Waals surface area contributed by atoms with Gasteiger partial charge in [-0.2, -0.15) is 9.78 Å². The number of hydrogen-bond donors (Lipinski definition) is 0. The number of carbonyl (C=O) groups is 1. The van der Waals surface area contributed by atoms with E-state index in [0.717, 1.165) is 0 Å². The minimum Gasteiger partial charge on any atom is -0.464 e. The summed E-state index contributed by atoms with van der Waals surface area (Å²) in [5.41, 5.74) is 0.912. The van der Waals surface area contributed by atoms with E-state index in [-0.39, 0.29) is 11.3 Å². The number of methoxy groups -OCH3 is 1. The van der Waals surface area contributed by atoms with Crippen molar-refractivity contribution < 1.29 is 9.53 Å². The quantitative estimate of drug-likeness (QED) is 0.675. The number of halogens is 1. The molecule has 0 radical (unpaired) electrons. The third-order valence-electron chi connectivity index (χ3n) is 3.45. The molecule has 0 unspecified atom stereocenters. The lowest BCUT2D eigenvalue weighted by Crippen LogP contribution is -2.23. The fourth-order valence-electron chi connectivity index (χ4n) is 2.31. The maximum absolute atomic E-state index is 12.7. The summed E-state index contributed by atoms with van der Waals surface area (Å²) >= 11 is 6.16. The first-order valence-electron chi connectivity index (χ1n) is 6.76. The lowest BCUT2D eigenvalue weighted by atomic mass is 10.1. The molecule has 0 saturated heterocycles. The minimum absolute atomic E-state index is 0.153. The number of aryl methyl sites for hydroxylation is 1. The zero-order valence-corrected chi connectivity index (χ0v) is 13.2. The zero-order valence-electron chi connectivity index (χ0n) is 12.4. The maximum Gasteiger partial charge on any atom is 0.356 e. The summed E-state index contributed by atoms with van der Waals surface area (Å²) in [5, 5.41) is 5.77. The zero-order chi connectivity index (χ0) is 16.6. The maximum atomic E-state index is 12.7. The van der Waals surface area contributed by atoms with Gasteiger partial charge in [0.2, 0.25) is 0 Å². The highest BCUT2D eigenvalue weighted by Gasteiger charge is 2.13. The summed E-state index contributed by atoms with van der Waals surface area (Å²) in [6.07, 6.45) is 1.39. The number of ether oxygens (including phenoxy) is 1. The van der Waals surface area contributed by atoms with Crippen molar-refractivity contribution in [1.29, 1.82) is 0 Å². The first kappa shape index (κ1) is 15.2. The van der Waals surface area contributed by atoms with Crippen LogP contribution in [0.25, 0.3) is 16.5 Å². The van der Waals surface area contributed by atoms with Gasteiger partial charge in [0.15, 0.2) is 0 Å². The van der Waals surface area contributed by atoms with E-state index in [1.54, 1.807) is 31.2 Å². The van der Waals surface area contributed by atoms with Crippen LogP contribution in [0.4, 0.5) is 0 Å². The van der Waals surface area contributed by atoms with Crippen molar-refractivity contribution in [3.8, 4) is 5.69 Å². The van der Waals surface area contributed by atoms with Crippen molar-refractivity contribution in [3.63, 3.8) is 0 Å². The molecule has 2 aromatic heterocycles. The number of esters is 1. The van der Waals surface area contributed by atoms with Crippen LogP contribution in [0.15, 0.2) is 41.3 Å². The van der Waals surface area contributed by atoms with Gasteiger partial charge in [0.1, 0.15) is 5.69 Å². The van der Waals surface area contributed by atoms with Crippen molar-refractivity contribution in [1.82, 2.24) is 14.8 Å². The second-order valence-electron chi connectivity index (χ2n) is 4.86. The van der Waals surface area contributed by atoms with Gasteiger partial charge in [-0.05, 0) is 25.1 Å². The summed E-state index contributed by atoms with van der Waals surface area (Å²) < 4.78 is 5.81. The van der Waals surface area contributed by atoms with E-state index in [2.05, 4.69) is 14.8 Å². The second-order valence-corrected chi connectivity index (χ2v) is 5.27. The molecule has 0 N–H and O–H groups in total. The Bertz CT molecular complexity index is 965. The summed E-state index contributed by atoms with van der Waals surface area (Å²) in [4.78, 5) is 28.1. The lowest BCUT2D eigenvalue weighted by molar-refractivity contribution is 0.0594. The Balaban J connectivity index is 2.21. The van der Waals surface area contributed by atoms with Crippen LogP contribution >= 0.6 is 11.6 Å². The molecule has 0 aliphatic rings. The summed E-state index contributed by atoms with van der Waals surface area (Å²) in [6.45, 7) is 1.80. The summed E-state index contributed by atoms with van der Waals surface area (Å²) in [6, 6.07) is 8.29. The Morgan fingerprint density at radius 1 is 1.26 bits per heavy atom. The smallest absolute Gasteiger partial charge is 0.356 e. The number of benzene rings is 1. The third-order valence-corrected chi connectivity index (χ3v) is 3.76. The van der Waals surface area contributed by atoms with Crippen LogP contribution in [0.3, 0.4) is 0 Å². The molecule has 0 fully saturated rings. The Kier molecular flexibility index (Phi) is 3.83. The Morgan fingerprint density at radius 3 is 2.70 bits per heavy atom. The van der Waals surface area contributed by atoms with Gasteiger partial charge < -0.3 is 4.74 Å². The van der Waals surface area contributed by atoms with Crippen LogP contribution in [0.2, 0.25) is 5.02 Å². The molecule has 0 aliphatic carbocycles. The average Bonchev–Trinajstić information content (AvgIpc) is 2.57. The standard InChI is InChI=1S/C16H12ClN3O3/c1-9-11-4-3-5-12(17)14(11)15(21)20(19-9)10-6-7-13(18-8-10)16(22)23-2/h3-8H,1-2H3. The number of nitrogens with zero attached hydrogens (tertiary/aromatic N) is 3. The van der Waals surface area contributed by atoms with Gasteiger partial charge in [0, 0.05) is 5.39 Å². The summed E-state index contributed by atoms with van der Waals surface area (Å²) in [7, 11) is 1.28. The summed E-state index contributed by atoms with van der Waals surface area (Å²) in [5.74, 6) is -0.547. The van der Waals surface area contributed by atoms with Gasteiger partial charge in [0.05, 0.1) is 35.1 Å². The van der Waals surface area contributed by atoms with Crippen molar-refractivity contribution in [2.45, 2.75) is 6.92 Å². The largest absolute Gasteiger partial charge is 0.464 e. The first-order chi connectivity index (χ1) is 11.0. The molecule has 23 heavy (non-hydrogen) atoms. The lowest BCUT2D eigenvalue weighted by Gasteiger charge is -2.09. The molecule has 2 heterocycles. The highest BCUT2D eigenvalue weighted by Crippen LogP contribution is 2.22. The SMILES string of the molecule is COC(=O)c1ccc(-n2nc(C)c3cccc(Cl)c3c2=O)cn1. The fraction of sp³-hybridized carbons (Fsp3) is 0.125. The number of pyridine rings is 1. The third kappa shape index (κ3) is 2.57. The molecular formula is C16H12ClN3O3. The molecule has 116 valence electrons. The van der Waals surface area contributed by atoms with Crippen LogP contribution in [-0.2, 0) is 4.74 Å². The van der Waals surface area contributed by atoms with E-state index in [9.17, 15) is 9.59 Å². The van der Waals surface area contributed by atoms with Gasteiger partial charge >= 0.3 is 5.97 Å². The van der Waals surface area contributed by atoms with Gasteiger partial charge in [-0.25, -0.2) is 9.78 Å². The molecular weight excluding hydrogens is 318 g/mol. The average molecular weight is 330 g/mol. The molecule has 0 aliphatic heterocycles. The number of rotatable bonds is 2. The molecule has 6 nitrogen and oxygen atoms in total. The predicted octanol–water partition coefficient (Wildman–Crippen LogP) is 2.53. The first-order valence-corrected chi connectivity index (χ1v) is 7.13. The Hall–Kier alpha value is -2.73. The van der Waals surface area contributed by atoms with Crippen LogP contribution < -0.4 is 5.56 Å². The van der Waals surface area contributed by atoms with Gasteiger partial charge in [-0.1, -0.05) is 23.7 Å². The molecule has 0 atom stereocenters. The minimum atomic E-state index is -0.547. The number of carbonyl (C=O) groups excluding carboxylic acids is 1. The normalized spacial score (nSPS) is 10.7. The molecule has 0 spiro atoms. The van der Waals surface area contributed by atoms with E-state index in [1.165, 1.54) is 24.1 Å². The van der Waals surface area contributed by atoms with Crippen LogP contribution in [0.1, 0.15) is 16.2 Å². The monoisotopic (exact) mass is 329 g/mol. The molecule has 3 aromatic rings.